The molecular formula is C45H66N4O8. The number of likely N-dealkylation sites (N-methyl/N-ethyl adjacent to an activating group) is 1. The first-order chi connectivity index (χ1) is 27.4. The van der Waals surface area contributed by atoms with E-state index in [1.165, 1.54) is 13.3 Å². The summed E-state index contributed by atoms with van der Waals surface area (Å²) in [5, 5.41) is 27.3. The van der Waals surface area contributed by atoms with Gasteiger partial charge in [0.15, 0.2) is 0 Å². The first kappa shape index (κ1) is 45.4. The third kappa shape index (κ3) is 13.1. The first-order valence-electron chi connectivity index (χ1n) is 21.1. The molecule has 2 aromatic rings. The van der Waals surface area contributed by atoms with Gasteiger partial charge in [0.25, 0.3) is 11.8 Å². The summed E-state index contributed by atoms with van der Waals surface area (Å²) in [5.41, 5.74) is 4.28. The molecule has 0 radical (unpaired) electrons. The minimum atomic E-state index is -0.588. The van der Waals surface area contributed by atoms with Crippen molar-refractivity contribution in [2.75, 3.05) is 31.5 Å². The van der Waals surface area contributed by atoms with Gasteiger partial charge in [-0.2, -0.15) is 0 Å². The summed E-state index contributed by atoms with van der Waals surface area (Å²) < 4.78 is 11.3. The third-order valence-corrected chi connectivity index (χ3v) is 11.5. The summed E-state index contributed by atoms with van der Waals surface area (Å²) in [6.45, 7) is 14.6. The fourth-order valence-corrected chi connectivity index (χ4v) is 8.22. The quantitative estimate of drug-likeness (QED) is 0.0256. The monoisotopic (exact) mass is 790 g/mol. The van der Waals surface area contributed by atoms with Crippen LogP contribution >= 0.6 is 0 Å². The molecule has 1 saturated carbocycles. The second kappa shape index (κ2) is 22.6. The lowest BCUT2D eigenvalue weighted by Crippen LogP contribution is -2.35. The number of allylic oxidation sites excluding steroid dienone is 2. The fourth-order valence-electron chi connectivity index (χ4n) is 8.22. The summed E-state index contributed by atoms with van der Waals surface area (Å²) in [6.07, 6.45) is 13.3. The van der Waals surface area contributed by atoms with Crippen LogP contribution in [-0.2, 0) is 19.1 Å². The number of esters is 2. The van der Waals surface area contributed by atoms with Gasteiger partial charge in [0.2, 0.25) is 0 Å². The number of aryl methyl sites for hydroxylation is 1. The molecule has 12 heteroatoms. The predicted molar refractivity (Wildman–Crippen MR) is 224 cm³/mol. The first-order valence-corrected chi connectivity index (χ1v) is 21.1. The van der Waals surface area contributed by atoms with E-state index in [1.807, 2.05) is 26.0 Å². The number of H-pyrrole nitrogens is 1. The number of aliphatic hydroxyl groups excluding tert-OH is 2. The van der Waals surface area contributed by atoms with E-state index < -0.39 is 12.2 Å². The number of carbonyl (C=O) groups excluding carboxylic acids is 4. The molecule has 1 aromatic heterocycles. The van der Waals surface area contributed by atoms with E-state index >= 15 is 0 Å². The molecule has 0 saturated heterocycles. The lowest BCUT2D eigenvalue weighted by Gasteiger charge is -2.25. The van der Waals surface area contributed by atoms with Gasteiger partial charge in [0.05, 0.1) is 23.3 Å². The zero-order valence-corrected chi connectivity index (χ0v) is 35.0. The number of amides is 2. The Morgan fingerprint density at radius 1 is 1.04 bits per heavy atom. The molecule has 2 aliphatic rings. The second-order valence-electron chi connectivity index (χ2n) is 15.6. The average molecular weight is 791 g/mol. The molecule has 12 nitrogen and oxygen atoms in total. The number of anilines is 1. The Bertz CT molecular complexity index is 1730. The number of aromatic amines is 1. The van der Waals surface area contributed by atoms with Crippen LogP contribution in [-0.4, -0.2) is 88.3 Å². The number of hydrogen-bond donors (Lipinski definition) is 5. The standard InChI is InChI=1S/C45H66N4O8/c1-7-10-11-14-17-32(51)20-22-34-35(41(28-40(34)52)56-31(6)50)18-15-12-13-16-19-42(53)57-33-21-23-38-36(26-33)37(44(54)48-38)27-39-29(4)43(30(5)47-39)45(55)46-24-25-49(8-2)9-3/h12,15,21,23,26-27,32,34-35,40-41,47,51-52H,7-11,13-14,16-20,22,24-25,28H2,1-6H3,(H,46,55)(H,48,54)/b15-12-,37-27-/t32-,34+,35+,40+,41-/m0/s1. The number of carbonyl (C=O) groups is 4. The van der Waals surface area contributed by atoms with Crippen LogP contribution in [0, 0.1) is 25.7 Å². The Morgan fingerprint density at radius 2 is 1.81 bits per heavy atom. The van der Waals surface area contributed by atoms with Crippen LogP contribution in [0.2, 0.25) is 0 Å². The molecule has 2 heterocycles. The number of aromatic nitrogens is 1. The van der Waals surface area contributed by atoms with Crippen LogP contribution in [0.5, 0.6) is 5.75 Å². The minimum absolute atomic E-state index is 0.0448. The summed E-state index contributed by atoms with van der Waals surface area (Å²) >= 11 is 0. The summed E-state index contributed by atoms with van der Waals surface area (Å²) in [6, 6.07) is 5.05. The number of benzene rings is 1. The maximum Gasteiger partial charge on any atom is 0.311 e. The highest BCUT2D eigenvalue weighted by molar-refractivity contribution is 6.35. The van der Waals surface area contributed by atoms with Gasteiger partial charge in [-0.3, -0.25) is 19.2 Å². The maximum absolute atomic E-state index is 13.1. The van der Waals surface area contributed by atoms with Gasteiger partial charge in [-0.05, 0) is 101 Å². The van der Waals surface area contributed by atoms with Gasteiger partial charge in [-0.15, -0.1) is 0 Å². The highest BCUT2D eigenvalue weighted by atomic mass is 16.5. The molecule has 4 rings (SSSR count). The van der Waals surface area contributed by atoms with Crippen LogP contribution in [0.3, 0.4) is 0 Å². The zero-order valence-electron chi connectivity index (χ0n) is 35.0. The van der Waals surface area contributed by atoms with Gasteiger partial charge >= 0.3 is 11.9 Å². The molecule has 314 valence electrons. The molecule has 0 unspecified atom stereocenters. The van der Waals surface area contributed by atoms with Crippen LogP contribution in [0.1, 0.15) is 138 Å². The van der Waals surface area contributed by atoms with E-state index in [0.29, 0.717) is 84.6 Å². The molecule has 0 spiro atoms. The molecule has 5 N–H and O–H groups in total. The van der Waals surface area contributed by atoms with E-state index in [-0.39, 0.29) is 48.1 Å². The highest BCUT2D eigenvalue weighted by Crippen LogP contribution is 2.41. The highest BCUT2D eigenvalue weighted by Gasteiger charge is 2.43. The molecular weight excluding hydrogens is 725 g/mol. The van der Waals surface area contributed by atoms with E-state index in [4.69, 9.17) is 9.47 Å². The van der Waals surface area contributed by atoms with E-state index in [1.54, 1.807) is 24.3 Å². The summed E-state index contributed by atoms with van der Waals surface area (Å²) in [7, 11) is 0. The molecule has 5 atom stereocenters. The number of ether oxygens (including phenoxy) is 2. The number of aliphatic hydroxyl groups is 2. The van der Waals surface area contributed by atoms with Crippen LogP contribution in [0.4, 0.5) is 5.69 Å². The van der Waals surface area contributed by atoms with E-state index in [0.717, 1.165) is 50.9 Å². The number of rotatable bonds is 23. The van der Waals surface area contributed by atoms with Gasteiger partial charge in [0.1, 0.15) is 11.9 Å². The van der Waals surface area contributed by atoms with Gasteiger partial charge in [-0.25, -0.2) is 0 Å². The third-order valence-electron chi connectivity index (χ3n) is 11.5. The van der Waals surface area contributed by atoms with Crippen LogP contribution in [0.15, 0.2) is 30.4 Å². The Labute approximate surface area is 338 Å². The second-order valence-corrected chi connectivity index (χ2v) is 15.6. The van der Waals surface area contributed by atoms with Gasteiger partial charge in [-0.1, -0.05) is 58.6 Å². The normalized spacial score (nSPS) is 20.3. The smallest absolute Gasteiger partial charge is 0.311 e. The zero-order chi connectivity index (χ0) is 41.5. The van der Waals surface area contributed by atoms with Crippen molar-refractivity contribution in [3.8, 4) is 5.75 Å². The summed E-state index contributed by atoms with van der Waals surface area (Å²) in [4.78, 5) is 56.3. The van der Waals surface area contributed by atoms with Crippen molar-refractivity contribution in [1.82, 2.24) is 15.2 Å². The molecule has 1 fully saturated rings. The topological polar surface area (TPSA) is 170 Å². The summed E-state index contributed by atoms with van der Waals surface area (Å²) in [5.74, 6) is -0.984. The lowest BCUT2D eigenvalue weighted by atomic mass is 9.85. The predicted octanol–water partition coefficient (Wildman–Crippen LogP) is 7.26. The van der Waals surface area contributed by atoms with Gasteiger partial charge < -0.3 is 40.2 Å². The number of nitrogens with one attached hydrogen (secondary N) is 3. The van der Waals surface area contributed by atoms with Crippen molar-refractivity contribution < 1.29 is 38.9 Å². The Morgan fingerprint density at radius 3 is 2.53 bits per heavy atom. The SMILES string of the molecule is CCCCCC[C@H](O)CC[C@@H]1[C@@H](C/C=C\CCCC(=O)Oc2ccc3c(c2)/C(=C/c2[nH]c(C)c(C(=O)NCCN(CC)CC)c2C)C(=O)N3)[C@@H](OC(C)=O)C[C@H]1O. The Balaban J connectivity index is 1.30. The van der Waals surface area contributed by atoms with Gasteiger partial charge in [0, 0.05) is 61.4 Å². The van der Waals surface area contributed by atoms with Crippen molar-refractivity contribution in [2.24, 2.45) is 11.8 Å². The van der Waals surface area contributed by atoms with E-state index in [9.17, 15) is 29.4 Å². The van der Waals surface area contributed by atoms with Crippen LogP contribution < -0.4 is 15.4 Å². The fraction of sp³-hybridized carbons (Fsp3) is 0.600. The van der Waals surface area contributed by atoms with Crippen molar-refractivity contribution in [3.05, 3.63) is 58.4 Å². The lowest BCUT2D eigenvalue weighted by molar-refractivity contribution is -0.148. The molecule has 0 bridgehead atoms. The molecule has 1 aliphatic carbocycles. The maximum atomic E-state index is 13.1. The number of unbranched alkanes of at least 4 members (excludes halogenated alkanes) is 4. The van der Waals surface area contributed by atoms with Crippen molar-refractivity contribution in [1.29, 1.82) is 0 Å². The number of nitrogens with zero attached hydrogens (tertiary/aromatic N) is 1. The molecule has 1 aliphatic heterocycles. The molecule has 2 amide bonds. The molecule has 57 heavy (non-hydrogen) atoms. The van der Waals surface area contributed by atoms with Crippen LogP contribution in [0.25, 0.3) is 11.6 Å². The van der Waals surface area contributed by atoms with Crippen molar-refractivity contribution in [2.45, 2.75) is 137 Å². The average Bonchev–Trinajstić information content (AvgIpc) is 3.75. The number of hydrogen-bond acceptors (Lipinski definition) is 9. The van der Waals surface area contributed by atoms with Crippen molar-refractivity contribution >= 4 is 41.1 Å². The number of fused-ring (bicyclic) bond motifs is 1. The van der Waals surface area contributed by atoms with E-state index in [2.05, 4.69) is 41.3 Å². The largest absolute Gasteiger partial charge is 0.462 e. The Hall–Kier alpha value is -4.26. The minimum Gasteiger partial charge on any atom is -0.462 e. The molecule has 1 aromatic carbocycles. The Kier molecular flexibility index (Phi) is 18.0. The van der Waals surface area contributed by atoms with Crippen molar-refractivity contribution in [3.63, 3.8) is 0 Å².